The summed E-state index contributed by atoms with van der Waals surface area (Å²) in [5.74, 6) is 0.205. The molecule has 0 aliphatic carbocycles. The van der Waals surface area contributed by atoms with E-state index in [2.05, 4.69) is 5.32 Å². The van der Waals surface area contributed by atoms with E-state index in [1.54, 1.807) is 14.0 Å². The van der Waals surface area contributed by atoms with Gasteiger partial charge >= 0.3 is 6.03 Å². The molecular formula is C15H23ClN2O2. The molecule has 0 fully saturated rings. The number of nitrogens with one attached hydrogen (secondary N) is 1. The number of benzene rings is 1. The van der Waals surface area contributed by atoms with Crippen molar-refractivity contribution in [3.05, 3.63) is 34.9 Å². The van der Waals surface area contributed by atoms with Gasteiger partial charge in [0.05, 0.1) is 18.7 Å². The lowest BCUT2D eigenvalue weighted by Gasteiger charge is -2.29. The van der Waals surface area contributed by atoms with E-state index in [9.17, 15) is 4.79 Å². The molecule has 0 heterocycles. The quantitative estimate of drug-likeness (QED) is 0.878. The molecule has 2 unspecified atom stereocenters. The van der Waals surface area contributed by atoms with Gasteiger partial charge in [-0.3, -0.25) is 0 Å². The third kappa shape index (κ3) is 4.12. The standard InChI is InChI=1S/C15H23ClN2O2/c1-10(2)14(12-7-5-6-8-13(12)16)17-15(20)18(4)11(3)9-19/h5-8,10-11,14,19H,9H2,1-4H3,(H,17,20). The van der Waals surface area contributed by atoms with E-state index in [-0.39, 0.29) is 30.6 Å². The van der Waals surface area contributed by atoms with Gasteiger partial charge in [0, 0.05) is 12.1 Å². The molecule has 0 saturated carbocycles. The number of carbonyl (C=O) groups excluding carboxylic acids is 1. The lowest BCUT2D eigenvalue weighted by Crippen LogP contribution is -2.46. The number of carbonyl (C=O) groups is 1. The van der Waals surface area contributed by atoms with Crippen molar-refractivity contribution >= 4 is 17.6 Å². The van der Waals surface area contributed by atoms with E-state index >= 15 is 0 Å². The molecule has 0 aromatic heterocycles. The van der Waals surface area contributed by atoms with Crippen LogP contribution in [0.3, 0.4) is 0 Å². The molecule has 20 heavy (non-hydrogen) atoms. The molecule has 2 amide bonds. The number of hydrogen-bond donors (Lipinski definition) is 2. The third-order valence-electron chi connectivity index (χ3n) is 3.43. The second kappa shape index (κ2) is 7.50. The number of aliphatic hydroxyl groups is 1. The van der Waals surface area contributed by atoms with Gasteiger partial charge in [-0.2, -0.15) is 0 Å². The van der Waals surface area contributed by atoms with Gasteiger partial charge in [-0.15, -0.1) is 0 Å². The number of amides is 2. The van der Waals surface area contributed by atoms with Crippen molar-refractivity contribution in [3.8, 4) is 0 Å². The van der Waals surface area contributed by atoms with Crippen molar-refractivity contribution in [2.24, 2.45) is 5.92 Å². The summed E-state index contributed by atoms with van der Waals surface area (Å²) in [6.45, 7) is 5.79. The van der Waals surface area contributed by atoms with E-state index in [0.29, 0.717) is 5.02 Å². The summed E-state index contributed by atoms with van der Waals surface area (Å²) in [6, 6.07) is 6.90. The maximum absolute atomic E-state index is 12.2. The molecule has 2 atom stereocenters. The Morgan fingerprint density at radius 3 is 2.45 bits per heavy atom. The molecule has 2 N–H and O–H groups in total. The van der Waals surface area contributed by atoms with Gasteiger partial charge in [0.25, 0.3) is 0 Å². The average molecular weight is 299 g/mol. The highest BCUT2D eigenvalue weighted by molar-refractivity contribution is 6.31. The smallest absolute Gasteiger partial charge is 0.317 e. The van der Waals surface area contributed by atoms with Crippen molar-refractivity contribution in [2.45, 2.75) is 32.9 Å². The number of hydrogen-bond acceptors (Lipinski definition) is 2. The summed E-state index contributed by atoms with van der Waals surface area (Å²) in [7, 11) is 1.67. The van der Waals surface area contributed by atoms with Gasteiger partial charge in [-0.1, -0.05) is 43.6 Å². The molecule has 1 rings (SSSR count). The Morgan fingerprint density at radius 1 is 1.35 bits per heavy atom. The fourth-order valence-electron chi connectivity index (χ4n) is 1.89. The third-order valence-corrected chi connectivity index (χ3v) is 3.78. The zero-order chi connectivity index (χ0) is 15.3. The minimum atomic E-state index is -0.228. The van der Waals surface area contributed by atoms with Crippen molar-refractivity contribution < 1.29 is 9.90 Å². The maximum Gasteiger partial charge on any atom is 0.317 e. The molecule has 0 aliphatic heterocycles. The first kappa shape index (κ1) is 16.8. The number of nitrogens with zero attached hydrogens (tertiary/aromatic N) is 1. The number of likely N-dealkylation sites (N-methyl/N-ethyl adjacent to an activating group) is 1. The minimum Gasteiger partial charge on any atom is -0.394 e. The Morgan fingerprint density at radius 2 is 1.95 bits per heavy atom. The van der Waals surface area contributed by atoms with Crippen LogP contribution < -0.4 is 5.32 Å². The molecular weight excluding hydrogens is 276 g/mol. The molecule has 0 saturated heterocycles. The lowest BCUT2D eigenvalue weighted by molar-refractivity contribution is 0.152. The molecule has 1 aromatic carbocycles. The van der Waals surface area contributed by atoms with Crippen molar-refractivity contribution in [1.82, 2.24) is 10.2 Å². The lowest BCUT2D eigenvalue weighted by atomic mass is 9.96. The summed E-state index contributed by atoms with van der Waals surface area (Å²) < 4.78 is 0. The topological polar surface area (TPSA) is 52.6 Å². The first-order valence-electron chi connectivity index (χ1n) is 6.77. The summed E-state index contributed by atoms with van der Waals surface area (Å²) in [5, 5.41) is 12.7. The predicted octanol–water partition coefficient (Wildman–Crippen LogP) is 3.06. The first-order valence-corrected chi connectivity index (χ1v) is 7.14. The van der Waals surface area contributed by atoms with E-state index in [1.165, 1.54) is 4.90 Å². The zero-order valence-electron chi connectivity index (χ0n) is 12.4. The summed E-state index contributed by atoms with van der Waals surface area (Å²) in [5.41, 5.74) is 0.905. The maximum atomic E-state index is 12.2. The molecule has 0 aliphatic rings. The summed E-state index contributed by atoms with van der Waals surface area (Å²) in [4.78, 5) is 13.7. The second-order valence-corrected chi connectivity index (χ2v) is 5.74. The van der Waals surface area contributed by atoms with Crippen molar-refractivity contribution in [1.29, 1.82) is 0 Å². The van der Waals surface area contributed by atoms with Gasteiger partial charge in [-0.05, 0) is 24.5 Å². The van der Waals surface area contributed by atoms with Crippen LogP contribution in [0.1, 0.15) is 32.4 Å². The van der Waals surface area contributed by atoms with Crippen LogP contribution in [-0.2, 0) is 0 Å². The number of rotatable bonds is 5. The van der Waals surface area contributed by atoms with Gasteiger partial charge in [0.15, 0.2) is 0 Å². The Kier molecular flexibility index (Phi) is 6.30. The fraction of sp³-hybridized carbons (Fsp3) is 0.533. The monoisotopic (exact) mass is 298 g/mol. The van der Waals surface area contributed by atoms with Gasteiger partial charge in [0.2, 0.25) is 0 Å². The van der Waals surface area contributed by atoms with Crippen molar-refractivity contribution in [2.75, 3.05) is 13.7 Å². The fourth-order valence-corrected chi connectivity index (χ4v) is 2.14. The molecule has 1 aromatic rings. The second-order valence-electron chi connectivity index (χ2n) is 5.34. The van der Waals surface area contributed by atoms with Crippen molar-refractivity contribution in [3.63, 3.8) is 0 Å². The molecule has 0 spiro atoms. The van der Waals surface area contributed by atoms with Crippen LogP contribution in [0.2, 0.25) is 5.02 Å². The largest absolute Gasteiger partial charge is 0.394 e. The van der Waals surface area contributed by atoms with Crippen LogP contribution in [0.15, 0.2) is 24.3 Å². The van der Waals surface area contributed by atoms with Crippen LogP contribution in [0.4, 0.5) is 4.79 Å². The van der Waals surface area contributed by atoms with Gasteiger partial charge in [0.1, 0.15) is 0 Å². The Labute approximate surface area is 125 Å². The van der Waals surface area contributed by atoms with E-state index < -0.39 is 0 Å². The average Bonchev–Trinajstić information content (AvgIpc) is 2.43. The molecule has 4 nitrogen and oxygen atoms in total. The van der Waals surface area contributed by atoms with Crippen LogP contribution in [0.5, 0.6) is 0 Å². The van der Waals surface area contributed by atoms with Crippen LogP contribution in [0.25, 0.3) is 0 Å². The number of urea groups is 1. The van der Waals surface area contributed by atoms with Crippen LogP contribution in [0, 0.1) is 5.92 Å². The van der Waals surface area contributed by atoms with Gasteiger partial charge in [-0.25, -0.2) is 4.79 Å². The Bertz CT molecular complexity index is 451. The first-order chi connectivity index (χ1) is 9.38. The highest BCUT2D eigenvalue weighted by Crippen LogP contribution is 2.28. The highest BCUT2D eigenvalue weighted by Gasteiger charge is 2.23. The Hall–Kier alpha value is -1.26. The van der Waals surface area contributed by atoms with E-state index in [0.717, 1.165) is 5.56 Å². The summed E-state index contributed by atoms with van der Waals surface area (Å²) in [6.07, 6.45) is 0. The normalized spacial score (nSPS) is 13.9. The Balaban J connectivity index is 2.89. The molecule has 0 radical (unpaired) electrons. The number of halogens is 1. The zero-order valence-corrected chi connectivity index (χ0v) is 13.2. The molecule has 5 heteroatoms. The molecule has 0 bridgehead atoms. The van der Waals surface area contributed by atoms with Gasteiger partial charge < -0.3 is 15.3 Å². The summed E-state index contributed by atoms with van der Waals surface area (Å²) >= 11 is 6.21. The number of aliphatic hydroxyl groups excluding tert-OH is 1. The SMILES string of the molecule is CC(C)C(NC(=O)N(C)C(C)CO)c1ccccc1Cl. The van der Waals surface area contributed by atoms with E-state index in [4.69, 9.17) is 16.7 Å². The molecule has 112 valence electrons. The van der Waals surface area contributed by atoms with Crippen LogP contribution in [-0.4, -0.2) is 35.7 Å². The predicted molar refractivity (Wildman–Crippen MR) is 81.9 cm³/mol. The van der Waals surface area contributed by atoms with Crippen LogP contribution >= 0.6 is 11.6 Å². The highest BCUT2D eigenvalue weighted by atomic mass is 35.5. The minimum absolute atomic E-state index is 0.0671. The van der Waals surface area contributed by atoms with E-state index in [1.807, 2.05) is 38.1 Å².